The van der Waals surface area contributed by atoms with E-state index in [4.69, 9.17) is 4.74 Å². The Labute approximate surface area is 113 Å². The highest BCUT2D eigenvalue weighted by molar-refractivity contribution is 4.97. The average Bonchev–Trinajstić information content (AvgIpc) is 2.76. The van der Waals surface area contributed by atoms with E-state index in [0.29, 0.717) is 0 Å². The first-order valence-electron chi connectivity index (χ1n) is 8.09. The van der Waals surface area contributed by atoms with E-state index >= 15 is 0 Å². The molecule has 0 bridgehead atoms. The summed E-state index contributed by atoms with van der Waals surface area (Å²) in [6, 6.07) is 0. The number of hydrogen-bond donors (Lipinski definition) is 1. The zero-order chi connectivity index (χ0) is 12.9. The van der Waals surface area contributed by atoms with Crippen molar-refractivity contribution in [2.24, 2.45) is 0 Å². The highest BCUT2D eigenvalue weighted by Crippen LogP contribution is 2.39. The van der Waals surface area contributed by atoms with Gasteiger partial charge in [-0.05, 0) is 26.2 Å². The minimum Gasteiger partial charge on any atom is -0.366 e. The molecule has 1 N–H and O–H groups in total. The van der Waals surface area contributed by atoms with Gasteiger partial charge in [0.25, 0.3) is 0 Å². The second-order valence-corrected chi connectivity index (χ2v) is 6.71. The van der Waals surface area contributed by atoms with Gasteiger partial charge in [-0.15, -0.1) is 0 Å². The van der Waals surface area contributed by atoms with Crippen molar-refractivity contribution in [2.75, 3.05) is 13.1 Å². The molecule has 1 heterocycles. The molecule has 2 rings (SSSR count). The van der Waals surface area contributed by atoms with Gasteiger partial charge in [-0.1, -0.05) is 51.9 Å². The molecule has 1 spiro atoms. The predicted molar refractivity (Wildman–Crippen MR) is 76.9 cm³/mol. The average molecular weight is 253 g/mol. The van der Waals surface area contributed by atoms with Gasteiger partial charge in [-0.25, -0.2) is 0 Å². The maximum Gasteiger partial charge on any atom is 0.0814 e. The topological polar surface area (TPSA) is 21.3 Å². The van der Waals surface area contributed by atoms with Crippen molar-refractivity contribution in [3.63, 3.8) is 0 Å². The van der Waals surface area contributed by atoms with Crippen molar-refractivity contribution in [3.8, 4) is 0 Å². The van der Waals surface area contributed by atoms with Crippen LogP contribution >= 0.6 is 0 Å². The van der Waals surface area contributed by atoms with Gasteiger partial charge < -0.3 is 10.1 Å². The van der Waals surface area contributed by atoms with Crippen molar-refractivity contribution in [2.45, 2.75) is 89.3 Å². The fourth-order valence-electron chi connectivity index (χ4n) is 3.69. The van der Waals surface area contributed by atoms with Crippen molar-refractivity contribution in [3.05, 3.63) is 0 Å². The van der Waals surface area contributed by atoms with E-state index < -0.39 is 0 Å². The number of nitrogens with one attached hydrogen (secondary N) is 1. The first-order chi connectivity index (χ1) is 8.68. The SMILES string of the molecule is CCCCCCCC1(C)CNCC2(CCCC2)O1. The van der Waals surface area contributed by atoms with Crippen molar-refractivity contribution in [1.29, 1.82) is 0 Å². The van der Waals surface area contributed by atoms with Crippen LogP contribution < -0.4 is 5.32 Å². The molecule has 1 aliphatic carbocycles. The summed E-state index contributed by atoms with van der Waals surface area (Å²) in [5.41, 5.74) is 0.283. The number of unbranched alkanes of at least 4 members (excludes halogenated alkanes) is 4. The molecule has 1 unspecified atom stereocenters. The number of hydrogen-bond acceptors (Lipinski definition) is 2. The van der Waals surface area contributed by atoms with Gasteiger partial charge in [0, 0.05) is 13.1 Å². The van der Waals surface area contributed by atoms with Crippen molar-refractivity contribution >= 4 is 0 Å². The third-order valence-electron chi connectivity index (χ3n) is 4.73. The van der Waals surface area contributed by atoms with E-state index in [1.165, 1.54) is 64.2 Å². The molecule has 0 aromatic heterocycles. The predicted octanol–water partition coefficient (Wildman–Crippen LogP) is 4.04. The van der Waals surface area contributed by atoms with Crippen molar-refractivity contribution in [1.82, 2.24) is 5.32 Å². The highest BCUT2D eigenvalue weighted by atomic mass is 16.5. The molecule has 2 fully saturated rings. The zero-order valence-electron chi connectivity index (χ0n) is 12.4. The lowest BCUT2D eigenvalue weighted by Crippen LogP contribution is -2.58. The van der Waals surface area contributed by atoms with E-state index in [0.717, 1.165) is 13.1 Å². The van der Waals surface area contributed by atoms with Gasteiger partial charge in [-0.2, -0.15) is 0 Å². The Morgan fingerprint density at radius 1 is 1.00 bits per heavy atom. The minimum atomic E-state index is 0.0921. The first-order valence-corrected chi connectivity index (χ1v) is 8.09. The Morgan fingerprint density at radius 2 is 1.72 bits per heavy atom. The zero-order valence-corrected chi connectivity index (χ0v) is 12.4. The van der Waals surface area contributed by atoms with Crippen LogP contribution in [0.3, 0.4) is 0 Å². The van der Waals surface area contributed by atoms with Gasteiger partial charge >= 0.3 is 0 Å². The van der Waals surface area contributed by atoms with Crippen LogP contribution in [0.5, 0.6) is 0 Å². The van der Waals surface area contributed by atoms with Crippen LogP contribution in [0.4, 0.5) is 0 Å². The Hall–Kier alpha value is -0.0800. The molecule has 1 saturated heterocycles. The quantitative estimate of drug-likeness (QED) is 0.721. The Morgan fingerprint density at radius 3 is 2.44 bits per heavy atom. The molecular formula is C16H31NO. The normalized spacial score (nSPS) is 31.0. The molecule has 18 heavy (non-hydrogen) atoms. The highest BCUT2D eigenvalue weighted by Gasteiger charge is 2.44. The molecule has 106 valence electrons. The van der Waals surface area contributed by atoms with Crippen LogP contribution in [-0.4, -0.2) is 24.3 Å². The summed E-state index contributed by atoms with van der Waals surface area (Å²) in [5.74, 6) is 0. The van der Waals surface area contributed by atoms with E-state index in [-0.39, 0.29) is 11.2 Å². The van der Waals surface area contributed by atoms with E-state index in [1.54, 1.807) is 0 Å². The molecule has 1 aliphatic heterocycles. The van der Waals surface area contributed by atoms with Gasteiger partial charge in [-0.3, -0.25) is 0 Å². The van der Waals surface area contributed by atoms with Gasteiger partial charge in [0.05, 0.1) is 11.2 Å². The second kappa shape index (κ2) is 6.38. The van der Waals surface area contributed by atoms with Gasteiger partial charge in [0.2, 0.25) is 0 Å². The maximum absolute atomic E-state index is 6.57. The Bertz CT molecular complexity index is 247. The Kier molecular flexibility index (Phi) is 5.08. The van der Waals surface area contributed by atoms with E-state index in [2.05, 4.69) is 19.2 Å². The maximum atomic E-state index is 6.57. The van der Waals surface area contributed by atoms with Crippen LogP contribution in [-0.2, 0) is 4.74 Å². The summed E-state index contributed by atoms with van der Waals surface area (Å²) >= 11 is 0. The van der Waals surface area contributed by atoms with Gasteiger partial charge in [0.1, 0.15) is 0 Å². The first kappa shape index (κ1) is 14.3. The summed E-state index contributed by atoms with van der Waals surface area (Å²) in [6.07, 6.45) is 13.3. The molecule has 2 aliphatic rings. The summed E-state index contributed by atoms with van der Waals surface area (Å²) < 4.78 is 6.57. The fourth-order valence-corrected chi connectivity index (χ4v) is 3.69. The molecule has 2 heteroatoms. The molecule has 1 atom stereocenters. The van der Waals surface area contributed by atoms with Crippen LogP contribution in [0.15, 0.2) is 0 Å². The van der Waals surface area contributed by atoms with E-state index in [9.17, 15) is 0 Å². The molecular weight excluding hydrogens is 222 g/mol. The van der Waals surface area contributed by atoms with Crippen molar-refractivity contribution < 1.29 is 4.74 Å². The molecule has 0 aromatic carbocycles. The van der Waals surface area contributed by atoms with Crippen LogP contribution in [0.25, 0.3) is 0 Å². The Balaban J connectivity index is 1.75. The number of ether oxygens (including phenoxy) is 1. The smallest absolute Gasteiger partial charge is 0.0814 e. The molecule has 2 nitrogen and oxygen atoms in total. The lowest BCUT2D eigenvalue weighted by atomic mass is 9.91. The van der Waals surface area contributed by atoms with Gasteiger partial charge in [0.15, 0.2) is 0 Å². The second-order valence-electron chi connectivity index (χ2n) is 6.71. The van der Waals surface area contributed by atoms with Crippen LogP contribution in [0.2, 0.25) is 0 Å². The molecule has 0 radical (unpaired) electrons. The summed E-state index contributed by atoms with van der Waals surface area (Å²) in [5, 5.41) is 3.64. The molecule has 0 aromatic rings. The standard InChI is InChI=1S/C16H31NO/c1-3-4-5-6-7-10-15(2)13-17-14-16(18-15)11-8-9-12-16/h17H,3-14H2,1-2H3. The van der Waals surface area contributed by atoms with E-state index in [1.807, 2.05) is 0 Å². The minimum absolute atomic E-state index is 0.0921. The number of rotatable bonds is 6. The number of morpholine rings is 1. The third-order valence-corrected chi connectivity index (χ3v) is 4.73. The molecule has 0 amide bonds. The summed E-state index contributed by atoms with van der Waals surface area (Å²) in [7, 11) is 0. The fraction of sp³-hybridized carbons (Fsp3) is 1.00. The lowest BCUT2D eigenvalue weighted by Gasteiger charge is -2.46. The molecule has 1 saturated carbocycles. The summed E-state index contributed by atoms with van der Waals surface area (Å²) in [6.45, 7) is 6.72. The third kappa shape index (κ3) is 3.71. The monoisotopic (exact) mass is 253 g/mol. The van der Waals surface area contributed by atoms with Crippen LogP contribution in [0.1, 0.15) is 78.1 Å². The lowest BCUT2D eigenvalue weighted by molar-refractivity contribution is -0.170. The summed E-state index contributed by atoms with van der Waals surface area (Å²) in [4.78, 5) is 0. The largest absolute Gasteiger partial charge is 0.366 e. The van der Waals surface area contributed by atoms with Crippen LogP contribution in [0, 0.1) is 0 Å².